The number of nitrogens with zero attached hydrogens (tertiary/aromatic N) is 1. The number of allylic oxidation sites excluding steroid dienone is 1. The van der Waals surface area contributed by atoms with Gasteiger partial charge in [-0.3, -0.25) is 5.10 Å². The fourth-order valence-corrected chi connectivity index (χ4v) is 1.36. The van der Waals surface area contributed by atoms with Crippen LogP contribution in [0.15, 0.2) is 42.5 Å². The van der Waals surface area contributed by atoms with Gasteiger partial charge in [-0.05, 0) is 19.1 Å². The van der Waals surface area contributed by atoms with E-state index in [0.717, 1.165) is 17.0 Å². The van der Waals surface area contributed by atoms with Crippen molar-refractivity contribution in [2.75, 3.05) is 0 Å². The van der Waals surface area contributed by atoms with Crippen LogP contribution < -0.4 is 0 Å². The number of H-pyrrole nitrogens is 1. The third kappa shape index (κ3) is 1.74. The highest BCUT2D eigenvalue weighted by Crippen LogP contribution is 2.17. The van der Waals surface area contributed by atoms with Gasteiger partial charge in [0.15, 0.2) is 0 Å². The van der Waals surface area contributed by atoms with Crippen LogP contribution in [0.5, 0.6) is 0 Å². The van der Waals surface area contributed by atoms with Crippen molar-refractivity contribution in [2.45, 2.75) is 6.92 Å². The van der Waals surface area contributed by atoms with E-state index in [-0.39, 0.29) is 0 Å². The number of hydrogen-bond donors (Lipinski definition) is 1. The van der Waals surface area contributed by atoms with Crippen LogP contribution in [0.4, 0.5) is 0 Å². The molecule has 0 bridgehead atoms. The van der Waals surface area contributed by atoms with E-state index in [9.17, 15) is 0 Å². The highest BCUT2D eigenvalue weighted by atomic mass is 15.1. The van der Waals surface area contributed by atoms with E-state index in [2.05, 4.69) is 22.3 Å². The lowest BCUT2D eigenvalue weighted by molar-refractivity contribution is 1.08. The standard InChI is InChI=1S/C12H12N2/c1-2-6-11-9-12(14-13-11)10-7-4-3-5-8-10/h2-9H,1H3,(H,13,14)/b6-2+. The molecule has 0 spiro atoms. The highest BCUT2D eigenvalue weighted by Gasteiger charge is 1.99. The third-order valence-electron chi connectivity index (χ3n) is 2.01. The number of aromatic amines is 1. The molecule has 1 aromatic carbocycles. The quantitative estimate of drug-likeness (QED) is 0.763. The summed E-state index contributed by atoms with van der Waals surface area (Å²) < 4.78 is 0. The molecule has 1 aromatic heterocycles. The fourth-order valence-electron chi connectivity index (χ4n) is 1.36. The van der Waals surface area contributed by atoms with E-state index in [1.807, 2.05) is 43.3 Å². The van der Waals surface area contributed by atoms with Crippen molar-refractivity contribution in [1.29, 1.82) is 0 Å². The average molecular weight is 184 g/mol. The van der Waals surface area contributed by atoms with Gasteiger partial charge in [0, 0.05) is 5.56 Å². The Labute approximate surface area is 83.3 Å². The summed E-state index contributed by atoms with van der Waals surface area (Å²) in [6.07, 6.45) is 3.99. The first kappa shape index (κ1) is 8.75. The molecule has 0 aliphatic carbocycles. The van der Waals surface area contributed by atoms with Gasteiger partial charge in [0.2, 0.25) is 0 Å². The summed E-state index contributed by atoms with van der Waals surface area (Å²) in [7, 11) is 0. The van der Waals surface area contributed by atoms with Crippen molar-refractivity contribution in [3.63, 3.8) is 0 Å². The smallest absolute Gasteiger partial charge is 0.0926 e. The molecule has 0 atom stereocenters. The molecule has 2 heteroatoms. The lowest BCUT2D eigenvalue weighted by atomic mass is 10.1. The van der Waals surface area contributed by atoms with Gasteiger partial charge in [-0.15, -0.1) is 0 Å². The maximum absolute atomic E-state index is 4.23. The number of nitrogens with one attached hydrogen (secondary N) is 1. The monoisotopic (exact) mass is 184 g/mol. The topological polar surface area (TPSA) is 28.7 Å². The lowest BCUT2D eigenvalue weighted by Crippen LogP contribution is -1.75. The van der Waals surface area contributed by atoms with Crippen molar-refractivity contribution in [2.24, 2.45) is 0 Å². The lowest BCUT2D eigenvalue weighted by Gasteiger charge is -1.92. The van der Waals surface area contributed by atoms with E-state index >= 15 is 0 Å². The summed E-state index contributed by atoms with van der Waals surface area (Å²) in [4.78, 5) is 0. The molecule has 0 aliphatic heterocycles. The average Bonchev–Trinajstić information content (AvgIpc) is 2.68. The summed E-state index contributed by atoms with van der Waals surface area (Å²) in [6, 6.07) is 12.2. The SMILES string of the molecule is C/C=C/c1cc(-c2ccccc2)n[nH]1. The second-order valence-corrected chi connectivity index (χ2v) is 3.07. The van der Waals surface area contributed by atoms with E-state index < -0.39 is 0 Å². The molecule has 1 heterocycles. The zero-order valence-electron chi connectivity index (χ0n) is 8.07. The van der Waals surface area contributed by atoms with Crippen molar-refractivity contribution in [1.82, 2.24) is 10.2 Å². The maximum Gasteiger partial charge on any atom is 0.0926 e. The summed E-state index contributed by atoms with van der Waals surface area (Å²) in [5.41, 5.74) is 3.16. The van der Waals surface area contributed by atoms with Gasteiger partial charge in [-0.2, -0.15) is 5.10 Å². The molecule has 0 saturated carbocycles. The molecule has 14 heavy (non-hydrogen) atoms. The predicted octanol–water partition coefficient (Wildman–Crippen LogP) is 3.11. The van der Waals surface area contributed by atoms with Gasteiger partial charge >= 0.3 is 0 Å². The molecule has 0 saturated heterocycles. The van der Waals surface area contributed by atoms with Gasteiger partial charge in [-0.1, -0.05) is 36.4 Å². The molecular weight excluding hydrogens is 172 g/mol. The summed E-state index contributed by atoms with van der Waals surface area (Å²) >= 11 is 0. The van der Waals surface area contributed by atoms with Crippen molar-refractivity contribution >= 4 is 6.08 Å². The molecule has 0 unspecified atom stereocenters. The predicted molar refractivity (Wildman–Crippen MR) is 58.7 cm³/mol. The Kier molecular flexibility index (Phi) is 2.45. The van der Waals surface area contributed by atoms with E-state index in [1.54, 1.807) is 0 Å². The van der Waals surface area contributed by atoms with Crippen LogP contribution in [0.3, 0.4) is 0 Å². The van der Waals surface area contributed by atoms with Crippen molar-refractivity contribution in [3.8, 4) is 11.3 Å². The highest BCUT2D eigenvalue weighted by molar-refractivity contribution is 5.62. The van der Waals surface area contributed by atoms with Crippen molar-refractivity contribution in [3.05, 3.63) is 48.2 Å². The second kappa shape index (κ2) is 3.92. The molecule has 0 aliphatic rings. The Morgan fingerprint density at radius 2 is 2.00 bits per heavy atom. The van der Waals surface area contributed by atoms with Crippen LogP contribution >= 0.6 is 0 Å². The Morgan fingerprint density at radius 3 is 2.71 bits per heavy atom. The molecule has 2 nitrogen and oxygen atoms in total. The second-order valence-electron chi connectivity index (χ2n) is 3.07. The number of benzene rings is 1. The third-order valence-corrected chi connectivity index (χ3v) is 2.01. The van der Waals surface area contributed by atoms with E-state index in [0.29, 0.717) is 0 Å². The largest absolute Gasteiger partial charge is 0.278 e. The zero-order valence-corrected chi connectivity index (χ0v) is 8.07. The first-order valence-corrected chi connectivity index (χ1v) is 4.63. The Hall–Kier alpha value is -1.83. The number of hydrogen-bond acceptors (Lipinski definition) is 1. The minimum atomic E-state index is 0.985. The van der Waals surface area contributed by atoms with E-state index in [4.69, 9.17) is 0 Å². The molecular formula is C12H12N2. The summed E-state index contributed by atoms with van der Waals surface area (Å²) in [6.45, 7) is 1.99. The van der Waals surface area contributed by atoms with Crippen LogP contribution in [-0.4, -0.2) is 10.2 Å². The van der Waals surface area contributed by atoms with Crippen LogP contribution in [-0.2, 0) is 0 Å². The van der Waals surface area contributed by atoms with Gasteiger partial charge < -0.3 is 0 Å². The molecule has 1 N–H and O–H groups in total. The minimum Gasteiger partial charge on any atom is -0.278 e. The summed E-state index contributed by atoms with van der Waals surface area (Å²) in [5, 5.41) is 7.20. The molecule has 0 amide bonds. The normalized spacial score (nSPS) is 10.9. The van der Waals surface area contributed by atoms with Gasteiger partial charge in [0.25, 0.3) is 0 Å². The van der Waals surface area contributed by atoms with Crippen LogP contribution in [0.25, 0.3) is 17.3 Å². The van der Waals surface area contributed by atoms with Crippen LogP contribution in [0.2, 0.25) is 0 Å². The maximum atomic E-state index is 4.23. The molecule has 0 fully saturated rings. The molecule has 70 valence electrons. The number of aromatic nitrogens is 2. The van der Waals surface area contributed by atoms with Gasteiger partial charge in [0.05, 0.1) is 11.4 Å². The van der Waals surface area contributed by atoms with Crippen LogP contribution in [0, 0.1) is 0 Å². The number of rotatable bonds is 2. The van der Waals surface area contributed by atoms with E-state index in [1.165, 1.54) is 0 Å². The molecule has 2 aromatic rings. The minimum absolute atomic E-state index is 0.985. The van der Waals surface area contributed by atoms with Crippen molar-refractivity contribution < 1.29 is 0 Å². The molecule has 0 radical (unpaired) electrons. The Balaban J connectivity index is 2.34. The van der Waals surface area contributed by atoms with Crippen LogP contribution in [0.1, 0.15) is 12.6 Å². The Morgan fingerprint density at radius 1 is 1.21 bits per heavy atom. The fraction of sp³-hybridized carbons (Fsp3) is 0.0833. The Bertz CT molecular complexity index is 427. The van der Waals surface area contributed by atoms with Gasteiger partial charge in [-0.25, -0.2) is 0 Å². The van der Waals surface area contributed by atoms with Gasteiger partial charge in [0.1, 0.15) is 0 Å². The molecule has 2 rings (SSSR count). The summed E-state index contributed by atoms with van der Waals surface area (Å²) in [5.74, 6) is 0. The first-order valence-electron chi connectivity index (χ1n) is 4.63. The first-order chi connectivity index (χ1) is 6.90. The zero-order chi connectivity index (χ0) is 9.80.